The van der Waals surface area contributed by atoms with Gasteiger partial charge in [0.1, 0.15) is 0 Å². The Balaban J connectivity index is 1.90. The minimum Gasteiger partial charge on any atom is -0.481 e. The number of carboxylic acids is 1. The van der Waals surface area contributed by atoms with Crippen LogP contribution in [0.3, 0.4) is 0 Å². The fourth-order valence-corrected chi connectivity index (χ4v) is 4.17. The van der Waals surface area contributed by atoms with E-state index in [2.05, 4.69) is 4.74 Å². The van der Waals surface area contributed by atoms with Crippen molar-refractivity contribution in [3.8, 4) is 0 Å². The highest BCUT2D eigenvalue weighted by molar-refractivity contribution is 7.86. The zero-order chi connectivity index (χ0) is 14.9. The van der Waals surface area contributed by atoms with E-state index in [9.17, 15) is 18.0 Å². The van der Waals surface area contributed by atoms with Crippen LogP contribution in [0.2, 0.25) is 0 Å². The number of nitrogens with zero attached hydrogens (tertiary/aromatic N) is 2. The molecule has 2 aliphatic heterocycles. The molecule has 0 radical (unpaired) electrons. The number of hydrogen-bond acceptors (Lipinski definition) is 5. The number of rotatable bonds is 4. The van der Waals surface area contributed by atoms with E-state index in [1.54, 1.807) is 0 Å². The van der Waals surface area contributed by atoms with Gasteiger partial charge in [-0.05, 0) is 12.8 Å². The smallest absolute Gasteiger partial charge is 0.309 e. The number of piperidine rings is 1. The van der Waals surface area contributed by atoms with Gasteiger partial charge in [0.2, 0.25) is 0 Å². The van der Waals surface area contributed by atoms with Crippen LogP contribution < -0.4 is 0 Å². The Morgan fingerprint density at radius 3 is 2.10 bits per heavy atom. The highest BCUT2D eigenvalue weighted by Gasteiger charge is 2.43. The van der Waals surface area contributed by atoms with Crippen molar-refractivity contribution in [1.82, 2.24) is 8.61 Å². The van der Waals surface area contributed by atoms with Gasteiger partial charge in [-0.3, -0.25) is 9.59 Å². The Bertz CT molecular complexity index is 491. The van der Waals surface area contributed by atoms with Crippen molar-refractivity contribution in [1.29, 1.82) is 0 Å². The molecule has 0 atom stereocenters. The van der Waals surface area contributed by atoms with Gasteiger partial charge < -0.3 is 9.84 Å². The van der Waals surface area contributed by atoms with Crippen molar-refractivity contribution >= 4 is 22.1 Å². The van der Waals surface area contributed by atoms with Crippen LogP contribution in [0.5, 0.6) is 0 Å². The number of carbonyl (C=O) groups is 2. The van der Waals surface area contributed by atoms with Crippen LogP contribution in [0, 0.1) is 11.8 Å². The Kier molecular flexibility index (Phi) is 4.31. The van der Waals surface area contributed by atoms with E-state index in [-0.39, 0.29) is 38.1 Å². The van der Waals surface area contributed by atoms with E-state index >= 15 is 0 Å². The van der Waals surface area contributed by atoms with Crippen LogP contribution in [-0.4, -0.2) is 67.4 Å². The van der Waals surface area contributed by atoms with Crippen molar-refractivity contribution in [3.63, 3.8) is 0 Å². The molecule has 2 saturated heterocycles. The molecule has 8 nitrogen and oxygen atoms in total. The summed E-state index contributed by atoms with van der Waals surface area (Å²) in [6.45, 7) is 0.565. The molecule has 114 valence electrons. The molecule has 1 N–H and O–H groups in total. The molecule has 0 unspecified atom stereocenters. The SMILES string of the molecule is COC(=O)C1CCN(S(=O)(=O)N2CC(C(=O)O)C2)CC1. The van der Waals surface area contributed by atoms with Crippen molar-refractivity contribution in [2.24, 2.45) is 11.8 Å². The predicted molar refractivity (Wildman–Crippen MR) is 67.9 cm³/mol. The summed E-state index contributed by atoms with van der Waals surface area (Å²) in [7, 11) is -2.28. The molecule has 9 heteroatoms. The molecule has 0 spiro atoms. The summed E-state index contributed by atoms with van der Waals surface area (Å²) in [6.07, 6.45) is 0.865. The van der Waals surface area contributed by atoms with Crippen LogP contribution in [0.1, 0.15) is 12.8 Å². The fourth-order valence-electron chi connectivity index (χ4n) is 2.43. The lowest BCUT2D eigenvalue weighted by Gasteiger charge is -2.40. The number of carbonyl (C=O) groups excluding carboxylic acids is 1. The summed E-state index contributed by atoms with van der Waals surface area (Å²) in [6, 6.07) is 0. The van der Waals surface area contributed by atoms with Gasteiger partial charge in [-0.1, -0.05) is 0 Å². The number of hydrogen-bond donors (Lipinski definition) is 1. The second-order valence-corrected chi connectivity index (χ2v) is 6.98. The Labute approximate surface area is 117 Å². The normalized spacial score (nSPS) is 23.2. The first-order chi connectivity index (χ1) is 9.36. The summed E-state index contributed by atoms with van der Waals surface area (Å²) in [5, 5.41) is 8.76. The monoisotopic (exact) mass is 306 g/mol. The van der Waals surface area contributed by atoms with Crippen LogP contribution in [0.15, 0.2) is 0 Å². The lowest BCUT2D eigenvalue weighted by atomic mass is 9.99. The van der Waals surface area contributed by atoms with E-state index in [1.165, 1.54) is 15.7 Å². The molecule has 20 heavy (non-hydrogen) atoms. The van der Waals surface area contributed by atoms with Crippen LogP contribution >= 0.6 is 0 Å². The summed E-state index contributed by atoms with van der Waals surface area (Å²) in [5.74, 6) is -2.15. The number of esters is 1. The first-order valence-electron chi connectivity index (χ1n) is 6.42. The predicted octanol–water partition coefficient (Wildman–Crippen LogP) is -0.867. The zero-order valence-corrected chi connectivity index (χ0v) is 12.0. The summed E-state index contributed by atoms with van der Waals surface area (Å²) in [4.78, 5) is 22.1. The van der Waals surface area contributed by atoms with E-state index in [4.69, 9.17) is 5.11 Å². The van der Waals surface area contributed by atoms with Gasteiger partial charge in [0, 0.05) is 26.2 Å². The van der Waals surface area contributed by atoms with Gasteiger partial charge in [0.25, 0.3) is 10.2 Å². The number of ether oxygens (including phenoxy) is 1. The average molecular weight is 306 g/mol. The third kappa shape index (κ3) is 2.79. The highest BCUT2D eigenvalue weighted by atomic mass is 32.2. The molecular weight excluding hydrogens is 288 g/mol. The van der Waals surface area contributed by atoms with Gasteiger partial charge in [0.15, 0.2) is 0 Å². The molecular formula is C11H18N2O6S. The second kappa shape index (κ2) is 5.66. The van der Waals surface area contributed by atoms with Crippen molar-refractivity contribution in [2.45, 2.75) is 12.8 Å². The standard InChI is InChI=1S/C11H18N2O6S/c1-19-11(16)8-2-4-12(5-3-8)20(17,18)13-6-9(7-13)10(14)15/h8-9H,2-7H2,1H3,(H,14,15). The second-order valence-electron chi connectivity index (χ2n) is 5.06. The molecule has 2 heterocycles. The Morgan fingerprint density at radius 1 is 1.10 bits per heavy atom. The molecule has 0 aromatic rings. The van der Waals surface area contributed by atoms with Gasteiger partial charge in [-0.15, -0.1) is 0 Å². The maximum absolute atomic E-state index is 12.2. The largest absolute Gasteiger partial charge is 0.481 e. The third-order valence-corrected chi connectivity index (χ3v) is 5.81. The maximum Gasteiger partial charge on any atom is 0.309 e. The first-order valence-corrected chi connectivity index (χ1v) is 7.81. The lowest BCUT2D eigenvalue weighted by molar-refractivity contribution is -0.147. The molecule has 2 fully saturated rings. The van der Waals surface area contributed by atoms with Gasteiger partial charge in [-0.25, -0.2) is 0 Å². The number of methoxy groups -OCH3 is 1. The van der Waals surface area contributed by atoms with Crippen molar-refractivity contribution in [2.75, 3.05) is 33.3 Å². The Morgan fingerprint density at radius 2 is 1.65 bits per heavy atom. The van der Waals surface area contributed by atoms with Crippen LogP contribution in [-0.2, 0) is 24.5 Å². The molecule has 0 amide bonds. The van der Waals surface area contributed by atoms with Gasteiger partial charge in [0.05, 0.1) is 18.9 Å². The van der Waals surface area contributed by atoms with Gasteiger partial charge in [-0.2, -0.15) is 17.0 Å². The van der Waals surface area contributed by atoms with E-state index < -0.39 is 22.1 Å². The van der Waals surface area contributed by atoms with E-state index in [0.717, 1.165) is 0 Å². The number of carboxylic acid groups (broad SMARTS) is 1. The summed E-state index contributed by atoms with van der Waals surface area (Å²) < 4.78 is 31.6. The highest BCUT2D eigenvalue weighted by Crippen LogP contribution is 2.26. The van der Waals surface area contributed by atoms with E-state index in [0.29, 0.717) is 12.8 Å². The minimum atomic E-state index is -3.60. The Hall–Kier alpha value is -1.19. The van der Waals surface area contributed by atoms with Crippen LogP contribution in [0.4, 0.5) is 0 Å². The molecule has 0 aromatic heterocycles. The van der Waals surface area contributed by atoms with Crippen molar-refractivity contribution in [3.05, 3.63) is 0 Å². The number of aliphatic carboxylic acids is 1. The maximum atomic E-state index is 12.2. The van der Waals surface area contributed by atoms with Crippen LogP contribution in [0.25, 0.3) is 0 Å². The molecule has 0 saturated carbocycles. The fraction of sp³-hybridized carbons (Fsp3) is 0.818. The minimum absolute atomic E-state index is 0.0224. The lowest BCUT2D eigenvalue weighted by Crippen LogP contribution is -2.58. The molecule has 0 bridgehead atoms. The topological polar surface area (TPSA) is 104 Å². The molecule has 0 aromatic carbocycles. The first kappa shape index (κ1) is 15.2. The third-order valence-electron chi connectivity index (χ3n) is 3.84. The quantitative estimate of drug-likeness (QED) is 0.677. The summed E-state index contributed by atoms with van der Waals surface area (Å²) in [5.41, 5.74) is 0. The van der Waals surface area contributed by atoms with E-state index in [1.807, 2.05) is 0 Å². The molecule has 0 aliphatic carbocycles. The average Bonchev–Trinajstić information content (AvgIpc) is 2.35. The zero-order valence-electron chi connectivity index (χ0n) is 11.2. The molecule has 2 aliphatic rings. The molecule has 2 rings (SSSR count). The van der Waals surface area contributed by atoms with Gasteiger partial charge >= 0.3 is 11.9 Å². The van der Waals surface area contributed by atoms with Crippen molar-refractivity contribution < 1.29 is 27.9 Å². The summed E-state index contributed by atoms with van der Waals surface area (Å²) >= 11 is 0.